The highest BCUT2D eigenvalue weighted by molar-refractivity contribution is 7.15. The third-order valence-corrected chi connectivity index (χ3v) is 12.3. The van der Waals surface area contributed by atoms with Crippen molar-refractivity contribution >= 4 is 69.3 Å². The number of benzene rings is 2. The number of carbonyl (C=O) groups is 5. The molecule has 0 spiro atoms. The number of fused-ring (bicyclic) bond motifs is 1. The molecule has 2 aromatic heterocycles. The molecule has 0 saturated carbocycles. The van der Waals surface area contributed by atoms with Gasteiger partial charge in [0.2, 0.25) is 17.8 Å². The Morgan fingerprint density at radius 1 is 0.983 bits per heavy atom. The summed E-state index contributed by atoms with van der Waals surface area (Å²) in [6, 6.07) is 13.7. The van der Waals surface area contributed by atoms with Crippen LogP contribution in [0.1, 0.15) is 67.4 Å². The molecule has 2 unspecified atom stereocenters. The van der Waals surface area contributed by atoms with Crippen LogP contribution in [-0.2, 0) is 14.3 Å². The van der Waals surface area contributed by atoms with Gasteiger partial charge in [-0.15, -0.1) is 11.3 Å². The first-order valence-corrected chi connectivity index (χ1v) is 20.8. The van der Waals surface area contributed by atoms with Crippen molar-refractivity contribution in [1.82, 2.24) is 20.2 Å². The molecule has 4 aromatic rings. The summed E-state index contributed by atoms with van der Waals surface area (Å²) in [5.41, 5.74) is 2.68. The van der Waals surface area contributed by atoms with Crippen LogP contribution < -0.4 is 30.3 Å². The van der Waals surface area contributed by atoms with Crippen LogP contribution in [0.3, 0.4) is 0 Å². The maximum absolute atomic E-state index is 15.0. The standard InChI is InChI=1S/C43H44FN7O8S/c1-57-32-23-26(9-11-30(32)47-42(56)34-13-12-33(60-34)25-5-2-3-6-25)46-40-29(44)24-45-43(49-40)51-17-15-50(16-18-51)19-20-58-21-22-59-31-8-4-7-27-36(31)39(54)37(38(27)53)28-10-14-35(52)48-41(28)55/h4-5,7-9,11-13,23-24,28,37H,2-3,6,10,14-22H2,1H3,(H,47,56)(H,45,46,49)(H,48,52,55). The molecule has 15 nitrogen and oxygen atoms in total. The zero-order chi connectivity index (χ0) is 41.8. The Hall–Kier alpha value is -6.04. The molecule has 8 rings (SSSR count). The van der Waals surface area contributed by atoms with Gasteiger partial charge in [0.25, 0.3) is 5.91 Å². The van der Waals surface area contributed by atoms with Crippen molar-refractivity contribution in [2.45, 2.75) is 32.1 Å². The second-order valence-electron chi connectivity index (χ2n) is 14.9. The monoisotopic (exact) mass is 837 g/mol. The molecule has 2 fully saturated rings. The Labute approximate surface area is 349 Å². The quantitative estimate of drug-likeness (QED) is 0.0775. The van der Waals surface area contributed by atoms with Gasteiger partial charge in [0.15, 0.2) is 23.2 Å². The second-order valence-corrected chi connectivity index (χ2v) is 16.0. The van der Waals surface area contributed by atoms with Crippen molar-refractivity contribution in [3.05, 3.63) is 87.5 Å². The fourth-order valence-electron chi connectivity index (χ4n) is 7.94. The number of ether oxygens (including phenoxy) is 3. The number of amides is 3. The van der Waals surface area contributed by atoms with E-state index in [1.54, 1.807) is 36.4 Å². The molecule has 3 amide bonds. The lowest BCUT2D eigenvalue weighted by Gasteiger charge is -2.34. The number of aromatic nitrogens is 2. The average molecular weight is 838 g/mol. The number of ketones is 2. The number of methoxy groups -OCH3 is 1. The fraction of sp³-hybridized carbons (Fsp3) is 0.372. The number of nitrogens with one attached hydrogen (secondary N) is 3. The molecular weight excluding hydrogens is 794 g/mol. The molecule has 0 bridgehead atoms. The molecule has 2 aromatic carbocycles. The van der Waals surface area contributed by atoms with Gasteiger partial charge in [-0.05, 0) is 61.6 Å². The van der Waals surface area contributed by atoms with Gasteiger partial charge in [0.1, 0.15) is 18.1 Å². The van der Waals surface area contributed by atoms with Gasteiger partial charge < -0.3 is 29.7 Å². The van der Waals surface area contributed by atoms with Crippen LogP contribution in [0.15, 0.2) is 60.8 Å². The van der Waals surface area contributed by atoms with Crippen molar-refractivity contribution in [2.24, 2.45) is 11.8 Å². The van der Waals surface area contributed by atoms with Crippen LogP contribution >= 0.6 is 11.3 Å². The number of nitrogens with zero attached hydrogens (tertiary/aromatic N) is 4. The number of hydrogen-bond donors (Lipinski definition) is 3. The minimum Gasteiger partial charge on any atom is -0.494 e. The van der Waals surface area contributed by atoms with Gasteiger partial charge in [-0.2, -0.15) is 4.98 Å². The fourth-order valence-corrected chi connectivity index (χ4v) is 8.91. The van der Waals surface area contributed by atoms with Crippen LogP contribution in [-0.4, -0.2) is 104 Å². The first-order chi connectivity index (χ1) is 29.2. The van der Waals surface area contributed by atoms with E-state index in [0.29, 0.717) is 67.3 Å². The van der Waals surface area contributed by atoms with Crippen molar-refractivity contribution < 1.29 is 42.6 Å². The molecule has 4 aliphatic rings. The summed E-state index contributed by atoms with van der Waals surface area (Å²) in [6.07, 6.45) is 6.83. The Morgan fingerprint density at radius 3 is 2.62 bits per heavy atom. The van der Waals surface area contributed by atoms with E-state index < -0.39 is 41.0 Å². The maximum atomic E-state index is 15.0. The lowest BCUT2D eigenvalue weighted by Crippen LogP contribution is -2.48. The van der Waals surface area contributed by atoms with Gasteiger partial charge in [0.05, 0.1) is 54.5 Å². The van der Waals surface area contributed by atoms with Crippen LogP contribution in [0.5, 0.6) is 11.5 Å². The Morgan fingerprint density at radius 2 is 1.83 bits per heavy atom. The molecule has 2 aliphatic heterocycles. The number of halogens is 1. The van der Waals surface area contributed by atoms with Gasteiger partial charge in [-0.3, -0.25) is 34.2 Å². The van der Waals surface area contributed by atoms with Crippen molar-refractivity contribution in [1.29, 1.82) is 0 Å². The molecule has 17 heteroatoms. The normalized spacial score (nSPS) is 19.2. The lowest BCUT2D eigenvalue weighted by molar-refractivity contribution is -0.137. The van der Waals surface area contributed by atoms with E-state index in [2.05, 4.69) is 36.9 Å². The molecule has 2 aliphatic carbocycles. The van der Waals surface area contributed by atoms with Crippen molar-refractivity contribution in [2.75, 3.05) is 75.2 Å². The predicted molar refractivity (Wildman–Crippen MR) is 222 cm³/mol. The maximum Gasteiger partial charge on any atom is 0.265 e. The summed E-state index contributed by atoms with van der Waals surface area (Å²) >= 11 is 1.47. The highest BCUT2D eigenvalue weighted by atomic mass is 32.1. The zero-order valence-electron chi connectivity index (χ0n) is 33.0. The van der Waals surface area contributed by atoms with Gasteiger partial charge in [0, 0.05) is 61.3 Å². The molecule has 60 heavy (non-hydrogen) atoms. The number of hydrogen-bond acceptors (Lipinski definition) is 14. The number of imide groups is 1. The van der Waals surface area contributed by atoms with Crippen molar-refractivity contribution in [3.63, 3.8) is 0 Å². The third-order valence-electron chi connectivity index (χ3n) is 11.1. The van der Waals surface area contributed by atoms with E-state index in [9.17, 15) is 28.4 Å². The summed E-state index contributed by atoms with van der Waals surface area (Å²) in [6.45, 7) is 4.15. The van der Waals surface area contributed by atoms with Crippen LogP contribution in [0.4, 0.5) is 27.5 Å². The minimum atomic E-state index is -1.16. The first kappa shape index (κ1) is 40.7. The SMILES string of the molecule is COc1cc(Nc2nc(N3CCN(CCOCCOc4cccc5c4C(=O)C(C4CCC(=O)NC4=O)C5=O)CC3)ncc2F)ccc1NC(=O)c1ccc(C2=CCCC2)s1. The zero-order valence-corrected chi connectivity index (χ0v) is 33.8. The molecule has 0 radical (unpaired) electrons. The molecule has 312 valence electrons. The molecule has 4 heterocycles. The first-order valence-electron chi connectivity index (χ1n) is 20.0. The third kappa shape index (κ3) is 8.78. The summed E-state index contributed by atoms with van der Waals surface area (Å²) in [7, 11) is 1.50. The highest BCUT2D eigenvalue weighted by Gasteiger charge is 2.48. The van der Waals surface area contributed by atoms with E-state index in [1.165, 1.54) is 24.0 Å². The summed E-state index contributed by atoms with van der Waals surface area (Å²) in [5, 5.41) is 8.19. The van der Waals surface area contributed by atoms with E-state index in [1.807, 2.05) is 17.0 Å². The molecule has 2 atom stereocenters. The number of piperidine rings is 1. The van der Waals surface area contributed by atoms with E-state index >= 15 is 0 Å². The number of anilines is 4. The van der Waals surface area contributed by atoms with E-state index in [-0.39, 0.29) is 54.7 Å². The number of piperazine rings is 1. The van der Waals surface area contributed by atoms with Crippen LogP contribution in [0.25, 0.3) is 5.57 Å². The Kier molecular flexibility index (Phi) is 12.3. The minimum absolute atomic E-state index is 0.00905. The van der Waals surface area contributed by atoms with Gasteiger partial charge in [-0.25, -0.2) is 9.37 Å². The van der Waals surface area contributed by atoms with Crippen molar-refractivity contribution in [3.8, 4) is 11.5 Å². The second kappa shape index (κ2) is 18.1. The van der Waals surface area contributed by atoms with Crippen LogP contribution in [0.2, 0.25) is 0 Å². The van der Waals surface area contributed by atoms with Gasteiger partial charge in [-0.1, -0.05) is 18.2 Å². The number of carbonyl (C=O) groups excluding carboxylic acids is 5. The topological polar surface area (TPSA) is 181 Å². The lowest BCUT2D eigenvalue weighted by atomic mass is 9.82. The number of Topliss-reactive ketones (excluding diaryl/α,β-unsaturated/α-hetero) is 2. The highest BCUT2D eigenvalue weighted by Crippen LogP contribution is 2.39. The predicted octanol–water partition coefficient (Wildman–Crippen LogP) is 5.51. The molecule has 2 saturated heterocycles. The van der Waals surface area contributed by atoms with Crippen LogP contribution in [0, 0.1) is 17.7 Å². The molecular formula is C43H44FN7O8S. The summed E-state index contributed by atoms with van der Waals surface area (Å²) in [4.78, 5) is 78.3. The Bertz CT molecular complexity index is 2360. The van der Waals surface area contributed by atoms with Gasteiger partial charge >= 0.3 is 0 Å². The summed E-state index contributed by atoms with van der Waals surface area (Å²) in [5.74, 6) is -3.73. The number of thiophene rings is 1. The number of allylic oxidation sites excluding steroid dienone is 2. The van der Waals surface area contributed by atoms with E-state index in [4.69, 9.17) is 14.2 Å². The smallest absolute Gasteiger partial charge is 0.265 e. The largest absolute Gasteiger partial charge is 0.494 e. The Balaban J connectivity index is 0.780. The summed E-state index contributed by atoms with van der Waals surface area (Å²) < 4.78 is 32.2. The number of rotatable bonds is 15. The van der Waals surface area contributed by atoms with E-state index in [0.717, 1.165) is 30.3 Å². The average Bonchev–Trinajstić information content (AvgIpc) is 4.02. The molecule has 3 N–H and O–H groups in total.